The molecule has 0 aromatic carbocycles. The number of hydrogen-bond acceptors (Lipinski definition) is 5. The Balaban J connectivity index is 0.000000160. The van der Waals surface area contributed by atoms with Gasteiger partial charge >= 0.3 is 0 Å². The lowest BCUT2D eigenvalue weighted by Crippen LogP contribution is -2.26. The zero-order chi connectivity index (χ0) is 11.6. The molecule has 2 saturated heterocycles. The molecule has 0 unspecified atom stereocenters. The third-order valence-corrected chi connectivity index (χ3v) is 2.58. The summed E-state index contributed by atoms with van der Waals surface area (Å²) in [5, 5.41) is 8.53. The largest absolute Gasteiger partial charge is 0.396 e. The first kappa shape index (κ1) is 13.9. The maximum atomic E-state index is 8.53. The topological polar surface area (TPSA) is 57.2 Å². The van der Waals surface area contributed by atoms with Crippen LogP contribution in [-0.4, -0.2) is 51.7 Å². The number of rotatable bonds is 2. The SMILES string of the molecule is CCC1COCOC1.OCC1COCOC1. The van der Waals surface area contributed by atoms with E-state index in [0.717, 1.165) is 13.2 Å². The standard InChI is InChI=1S/C6H12O2.C5H10O3/c1-2-6-3-7-5-8-4-6;6-1-5-2-7-4-8-3-5/h6H,2-5H2,1H3;5-6H,1-4H2. The van der Waals surface area contributed by atoms with Gasteiger partial charge in [-0.1, -0.05) is 6.92 Å². The van der Waals surface area contributed by atoms with Crippen LogP contribution in [0.5, 0.6) is 0 Å². The molecule has 0 spiro atoms. The van der Waals surface area contributed by atoms with Gasteiger partial charge in [-0.05, 0) is 6.42 Å². The minimum absolute atomic E-state index is 0.167. The summed E-state index contributed by atoms with van der Waals surface area (Å²) in [5.74, 6) is 0.840. The summed E-state index contributed by atoms with van der Waals surface area (Å²) >= 11 is 0. The summed E-state index contributed by atoms with van der Waals surface area (Å²) in [7, 11) is 0. The zero-order valence-electron chi connectivity index (χ0n) is 9.89. The van der Waals surface area contributed by atoms with Crippen molar-refractivity contribution in [1.29, 1.82) is 0 Å². The van der Waals surface area contributed by atoms with E-state index in [1.165, 1.54) is 6.42 Å². The molecular weight excluding hydrogens is 212 g/mol. The Hall–Kier alpha value is -0.200. The van der Waals surface area contributed by atoms with E-state index in [4.69, 9.17) is 24.1 Å². The Morgan fingerprint density at radius 2 is 1.31 bits per heavy atom. The van der Waals surface area contributed by atoms with E-state index in [2.05, 4.69) is 6.92 Å². The average molecular weight is 234 g/mol. The van der Waals surface area contributed by atoms with Gasteiger partial charge in [0, 0.05) is 11.8 Å². The monoisotopic (exact) mass is 234 g/mol. The molecule has 0 saturated carbocycles. The fourth-order valence-electron chi connectivity index (χ4n) is 1.41. The molecule has 0 aromatic rings. The Bertz CT molecular complexity index is 134. The number of hydrogen-bond donors (Lipinski definition) is 1. The van der Waals surface area contributed by atoms with Crippen LogP contribution in [0.3, 0.4) is 0 Å². The van der Waals surface area contributed by atoms with Crippen molar-refractivity contribution < 1.29 is 24.1 Å². The van der Waals surface area contributed by atoms with E-state index in [0.29, 0.717) is 32.7 Å². The summed E-state index contributed by atoms with van der Waals surface area (Å²) in [6.45, 7) is 6.25. The van der Waals surface area contributed by atoms with Crippen LogP contribution in [0.4, 0.5) is 0 Å². The molecule has 0 aromatic heterocycles. The van der Waals surface area contributed by atoms with Gasteiger partial charge in [0.1, 0.15) is 13.6 Å². The molecule has 0 amide bonds. The molecule has 2 heterocycles. The van der Waals surface area contributed by atoms with E-state index in [-0.39, 0.29) is 12.5 Å². The van der Waals surface area contributed by atoms with Crippen LogP contribution < -0.4 is 0 Å². The van der Waals surface area contributed by atoms with Crippen LogP contribution >= 0.6 is 0 Å². The van der Waals surface area contributed by atoms with Crippen molar-refractivity contribution in [3.8, 4) is 0 Å². The van der Waals surface area contributed by atoms with Crippen molar-refractivity contribution in [1.82, 2.24) is 0 Å². The molecule has 96 valence electrons. The first-order chi connectivity index (χ1) is 7.86. The summed E-state index contributed by atoms with van der Waals surface area (Å²) in [6.07, 6.45) is 1.17. The summed E-state index contributed by atoms with van der Waals surface area (Å²) in [6, 6.07) is 0. The lowest BCUT2D eigenvalue weighted by molar-refractivity contribution is -0.133. The summed E-state index contributed by atoms with van der Waals surface area (Å²) in [4.78, 5) is 0. The predicted octanol–water partition coefficient (Wildman–Crippen LogP) is 0.616. The minimum Gasteiger partial charge on any atom is -0.396 e. The van der Waals surface area contributed by atoms with E-state index >= 15 is 0 Å². The normalized spacial score (nSPS) is 23.6. The van der Waals surface area contributed by atoms with Gasteiger partial charge in [-0.15, -0.1) is 0 Å². The van der Waals surface area contributed by atoms with E-state index in [1.807, 2.05) is 0 Å². The van der Waals surface area contributed by atoms with Gasteiger partial charge in [-0.3, -0.25) is 0 Å². The fourth-order valence-corrected chi connectivity index (χ4v) is 1.41. The quantitative estimate of drug-likeness (QED) is 0.759. The van der Waals surface area contributed by atoms with Crippen LogP contribution in [0, 0.1) is 11.8 Å². The second-order valence-corrected chi connectivity index (χ2v) is 4.04. The van der Waals surface area contributed by atoms with Gasteiger partial charge in [-0.25, -0.2) is 0 Å². The van der Waals surface area contributed by atoms with Gasteiger partial charge in [0.15, 0.2) is 0 Å². The van der Waals surface area contributed by atoms with Crippen molar-refractivity contribution in [3.63, 3.8) is 0 Å². The maximum Gasteiger partial charge on any atom is 0.146 e. The van der Waals surface area contributed by atoms with Gasteiger partial charge in [0.25, 0.3) is 0 Å². The lowest BCUT2D eigenvalue weighted by atomic mass is 10.1. The van der Waals surface area contributed by atoms with Crippen molar-refractivity contribution in [3.05, 3.63) is 0 Å². The number of aliphatic hydroxyl groups is 1. The molecule has 5 nitrogen and oxygen atoms in total. The van der Waals surface area contributed by atoms with Crippen LogP contribution in [0.15, 0.2) is 0 Å². The molecule has 0 atom stereocenters. The van der Waals surface area contributed by atoms with E-state index < -0.39 is 0 Å². The van der Waals surface area contributed by atoms with Crippen molar-refractivity contribution in [2.75, 3.05) is 46.6 Å². The van der Waals surface area contributed by atoms with Gasteiger partial charge in [0.2, 0.25) is 0 Å². The minimum atomic E-state index is 0.167. The van der Waals surface area contributed by atoms with E-state index in [9.17, 15) is 0 Å². The Morgan fingerprint density at radius 1 is 0.875 bits per heavy atom. The maximum absolute atomic E-state index is 8.53. The highest BCUT2D eigenvalue weighted by molar-refractivity contribution is 4.56. The molecule has 2 aliphatic heterocycles. The Labute approximate surface area is 96.6 Å². The summed E-state index contributed by atoms with van der Waals surface area (Å²) in [5.41, 5.74) is 0. The van der Waals surface area contributed by atoms with Crippen LogP contribution in [-0.2, 0) is 18.9 Å². The zero-order valence-corrected chi connectivity index (χ0v) is 9.89. The van der Waals surface area contributed by atoms with Gasteiger partial charge in [-0.2, -0.15) is 0 Å². The average Bonchev–Trinajstić information content (AvgIpc) is 2.41. The molecule has 5 heteroatoms. The van der Waals surface area contributed by atoms with E-state index in [1.54, 1.807) is 0 Å². The molecule has 0 radical (unpaired) electrons. The highest BCUT2D eigenvalue weighted by Gasteiger charge is 2.11. The first-order valence-corrected chi connectivity index (χ1v) is 5.78. The number of ether oxygens (including phenoxy) is 4. The predicted molar refractivity (Wildman–Crippen MR) is 57.9 cm³/mol. The van der Waals surface area contributed by atoms with Crippen molar-refractivity contribution in [2.45, 2.75) is 13.3 Å². The van der Waals surface area contributed by atoms with Crippen molar-refractivity contribution in [2.24, 2.45) is 11.8 Å². The smallest absolute Gasteiger partial charge is 0.146 e. The molecule has 2 fully saturated rings. The highest BCUT2D eigenvalue weighted by Crippen LogP contribution is 2.07. The molecule has 2 rings (SSSR count). The van der Waals surface area contributed by atoms with Crippen LogP contribution in [0.25, 0.3) is 0 Å². The van der Waals surface area contributed by atoms with Gasteiger partial charge < -0.3 is 24.1 Å². The Kier molecular flexibility index (Phi) is 7.71. The molecular formula is C11H22O5. The second kappa shape index (κ2) is 8.90. The second-order valence-electron chi connectivity index (χ2n) is 4.04. The highest BCUT2D eigenvalue weighted by atomic mass is 16.7. The lowest BCUT2D eigenvalue weighted by Gasteiger charge is -2.20. The van der Waals surface area contributed by atoms with Crippen LogP contribution in [0.1, 0.15) is 13.3 Å². The molecule has 16 heavy (non-hydrogen) atoms. The van der Waals surface area contributed by atoms with Crippen molar-refractivity contribution >= 4 is 0 Å². The molecule has 2 aliphatic rings. The Morgan fingerprint density at radius 3 is 1.56 bits per heavy atom. The molecule has 0 bridgehead atoms. The van der Waals surface area contributed by atoms with Gasteiger partial charge in [0.05, 0.1) is 33.0 Å². The fraction of sp³-hybridized carbons (Fsp3) is 1.00. The third kappa shape index (κ3) is 5.77. The van der Waals surface area contributed by atoms with Crippen LogP contribution in [0.2, 0.25) is 0 Å². The number of aliphatic hydroxyl groups excluding tert-OH is 1. The first-order valence-electron chi connectivity index (χ1n) is 5.78. The molecule has 0 aliphatic carbocycles. The molecule has 1 N–H and O–H groups in total. The summed E-state index contributed by atoms with van der Waals surface area (Å²) < 4.78 is 19.9. The third-order valence-electron chi connectivity index (χ3n) is 2.58.